The van der Waals surface area contributed by atoms with Crippen LogP contribution in [0.1, 0.15) is 41.1 Å². The fourth-order valence-electron chi connectivity index (χ4n) is 3.93. The van der Waals surface area contributed by atoms with Crippen molar-refractivity contribution < 1.29 is 24.2 Å². The third-order valence-electron chi connectivity index (χ3n) is 5.20. The molecule has 0 aliphatic heterocycles. The van der Waals surface area contributed by atoms with Crippen LogP contribution in [0.2, 0.25) is 0 Å². The second kappa shape index (κ2) is 6.87. The SMILES string of the molecule is Cc1sc(NC(=O)[C@H]2[C@@H](C(=O)[O-])[C@H]3C=C[C@@H]2C3)c(C(=O)OC(C)C)c1C. The van der Waals surface area contributed by atoms with E-state index in [1.165, 1.54) is 11.3 Å². The van der Waals surface area contributed by atoms with Crippen molar-refractivity contribution in [3.63, 3.8) is 0 Å². The van der Waals surface area contributed by atoms with Gasteiger partial charge >= 0.3 is 5.97 Å². The molecule has 1 saturated carbocycles. The van der Waals surface area contributed by atoms with Gasteiger partial charge in [0.15, 0.2) is 0 Å². The molecular formula is C19H22NO5S-. The molecule has 1 aromatic rings. The van der Waals surface area contributed by atoms with Crippen LogP contribution in [0.3, 0.4) is 0 Å². The highest BCUT2D eigenvalue weighted by Crippen LogP contribution is 2.48. The van der Waals surface area contributed by atoms with Crippen LogP contribution in [0, 0.1) is 37.5 Å². The number of hydrogen-bond donors (Lipinski definition) is 1. The number of aliphatic carboxylic acids is 1. The Kier molecular flexibility index (Phi) is 4.92. The second-order valence-electron chi connectivity index (χ2n) is 7.25. The summed E-state index contributed by atoms with van der Waals surface area (Å²) < 4.78 is 5.29. The summed E-state index contributed by atoms with van der Waals surface area (Å²) in [4.78, 5) is 37.7. The Morgan fingerprint density at radius 2 is 1.81 bits per heavy atom. The van der Waals surface area contributed by atoms with Crippen LogP contribution in [-0.2, 0) is 14.3 Å². The quantitative estimate of drug-likeness (QED) is 0.627. The number of thiophene rings is 1. The molecular weight excluding hydrogens is 354 g/mol. The first-order chi connectivity index (χ1) is 12.2. The highest BCUT2D eigenvalue weighted by Gasteiger charge is 2.49. The van der Waals surface area contributed by atoms with Crippen molar-refractivity contribution in [1.82, 2.24) is 0 Å². The summed E-state index contributed by atoms with van der Waals surface area (Å²) in [6.07, 6.45) is 4.15. The first-order valence-corrected chi connectivity index (χ1v) is 9.53. The third-order valence-corrected chi connectivity index (χ3v) is 6.33. The van der Waals surface area contributed by atoms with Gasteiger partial charge in [0.2, 0.25) is 5.91 Å². The lowest BCUT2D eigenvalue weighted by Gasteiger charge is -2.27. The van der Waals surface area contributed by atoms with E-state index in [1.807, 2.05) is 26.0 Å². The Morgan fingerprint density at radius 1 is 1.19 bits per heavy atom. The van der Waals surface area contributed by atoms with Gasteiger partial charge in [-0.25, -0.2) is 4.79 Å². The molecule has 2 bridgehead atoms. The summed E-state index contributed by atoms with van der Waals surface area (Å²) in [6.45, 7) is 7.20. The number of fused-ring (bicyclic) bond motifs is 2. The molecule has 1 aromatic heterocycles. The minimum absolute atomic E-state index is 0.101. The summed E-state index contributed by atoms with van der Waals surface area (Å²) in [5.74, 6) is -3.81. The van der Waals surface area contributed by atoms with Gasteiger partial charge in [0, 0.05) is 16.8 Å². The van der Waals surface area contributed by atoms with Gasteiger partial charge in [-0.15, -0.1) is 11.3 Å². The standard InChI is InChI=1S/C19H23NO5S/c1-8(2)25-19(24)13-9(3)10(4)26-17(13)20-16(21)14-11-5-6-12(7-11)15(14)18(22)23/h5-6,8,11-12,14-15H,7H2,1-4H3,(H,20,21)(H,22,23)/p-1/t11-,12+,14-,15+/m1/s1. The number of anilines is 1. The Bertz CT molecular complexity index is 794. The van der Waals surface area contributed by atoms with Crippen molar-refractivity contribution in [2.45, 2.75) is 40.2 Å². The lowest BCUT2D eigenvalue weighted by molar-refractivity contribution is -0.313. The second-order valence-corrected chi connectivity index (χ2v) is 8.47. The molecule has 1 amide bonds. The lowest BCUT2D eigenvalue weighted by atomic mass is 9.82. The zero-order chi connectivity index (χ0) is 19.2. The number of nitrogens with one attached hydrogen (secondary N) is 1. The van der Waals surface area contributed by atoms with Crippen LogP contribution >= 0.6 is 11.3 Å². The summed E-state index contributed by atoms with van der Waals surface area (Å²) in [5.41, 5.74) is 1.11. The van der Waals surface area contributed by atoms with Crippen molar-refractivity contribution in [1.29, 1.82) is 0 Å². The number of carboxylic acids is 1. The molecule has 0 aromatic carbocycles. The van der Waals surface area contributed by atoms with E-state index in [2.05, 4.69) is 5.32 Å². The number of amides is 1. The zero-order valence-corrected chi connectivity index (χ0v) is 16.0. The summed E-state index contributed by atoms with van der Waals surface area (Å²) in [5, 5.41) is 14.7. The number of esters is 1. The highest BCUT2D eigenvalue weighted by molar-refractivity contribution is 7.16. The average Bonchev–Trinajstić information content (AvgIpc) is 3.20. The number of ether oxygens (including phenoxy) is 1. The molecule has 6 nitrogen and oxygen atoms in total. The maximum atomic E-state index is 12.9. The Morgan fingerprint density at radius 3 is 2.38 bits per heavy atom. The van der Waals surface area contributed by atoms with Crippen LogP contribution in [-0.4, -0.2) is 23.9 Å². The highest BCUT2D eigenvalue weighted by atomic mass is 32.1. The molecule has 1 fully saturated rings. The van der Waals surface area contributed by atoms with E-state index in [4.69, 9.17) is 4.74 Å². The smallest absolute Gasteiger partial charge is 0.341 e. The Balaban J connectivity index is 1.86. The van der Waals surface area contributed by atoms with Crippen LogP contribution in [0.15, 0.2) is 12.2 Å². The molecule has 1 N–H and O–H groups in total. The van der Waals surface area contributed by atoms with Crippen molar-refractivity contribution >= 4 is 34.2 Å². The van der Waals surface area contributed by atoms with Gasteiger partial charge in [0.25, 0.3) is 0 Å². The molecule has 2 aliphatic rings. The molecule has 2 aliphatic carbocycles. The number of carbonyl (C=O) groups excluding carboxylic acids is 3. The minimum Gasteiger partial charge on any atom is -0.550 e. The minimum atomic E-state index is -1.19. The third kappa shape index (κ3) is 3.16. The van der Waals surface area contributed by atoms with Crippen LogP contribution < -0.4 is 10.4 Å². The van der Waals surface area contributed by atoms with Gasteiger partial charge in [-0.1, -0.05) is 12.2 Å². The lowest BCUT2D eigenvalue weighted by Crippen LogP contribution is -2.42. The maximum Gasteiger partial charge on any atom is 0.341 e. The first-order valence-electron chi connectivity index (χ1n) is 8.71. The number of aryl methyl sites for hydroxylation is 1. The van der Waals surface area contributed by atoms with Gasteiger partial charge in [-0.3, -0.25) is 4.79 Å². The van der Waals surface area contributed by atoms with E-state index in [-0.39, 0.29) is 23.8 Å². The topological polar surface area (TPSA) is 95.5 Å². The molecule has 0 saturated heterocycles. The molecule has 26 heavy (non-hydrogen) atoms. The average molecular weight is 376 g/mol. The predicted molar refractivity (Wildman–Crippen MR) is 95.7 cm³/mol. The Hall–Kier alpha value is -2.15. The first kappa shape index (κ1) is 18.6. The van der Waals surface area contributed by atoms with Gasteiger partial charge in [0.1, 0.15) is 5.00 Å². The van der Waals surface area contributed by atoms with E-state index < -0.39 is 23.8 Å². The fourth-order valence-corrected chi connectivity index (χ4v) is 4.98. The predicted octanol–water partition coefficient (Wildman–Crippen LogP) is 2.06. The summed E-state index contributed by atoms with van der Waals surface area (Å²) in [7, 11) is 0. The molecule has 3 rings (SSSR count). The molecule has 0 spiro atoms. The molecule has 0 unspecified atom stereocenters. The summed E-state index contributed by atoms with van der Waals surface area (Å²) >= 11 is 1.30. The van der Waals surface area contributed by atoms with E-state index in [9.17, 15) is 19.5 Å². The molecule has 7 heteroatoms. The molecule has 140 valence electrons. The van der Waals surface area contributed by atoms with E-state index >= 15 is 0 Å². The number of carboxylic acid groups (broad SMARTS) is 1. The van der Waals surface area contributed by atoms with Gasteiger partial charge < -0.3 is 20.0 Å². The van der Waals surface area contributed by atoms with Gasteiger partial charge in [-0.05, 0) is 51.5 Å². The fraction of sp³-hybridized carbons (Fsp3) is 0.526. The number of hydrogen-bond acceptors (Lipinski definition) is 6. The van der Waals surface area contributed by atoms with Gasteiger partial charge in [0.05, 0.1) is 17.6 Å². The van der Waals surface area contributed by atoms with Crippen LogP contribution in [0.5, 0.6) is 0 Å². The van der Waals surface area contributed by atoms with E-state index in [0.717, 1.165) is 10.4 Å². The largest absolute Gasteiger partial charge is 0.550 e. The zero-order valence-electron chi connectivity index (χ0n) is 15.2. The Labute approximate surface area is 156 Å². The number of rotatable bonds is 5. The number of carbonyl (C=O) groups is 3. The van der Waals surface area contributed by atoms with Crippen LogP contribution in [0.4, 0.5) is 5.00 Å². The molecule has 1 heterocycles. The van der Waals surface area contributed by atoms with Crippen molar-refractivity contribution in [2.75, 3.05) is 5.32 Å². The normalized spacial score (nSPS) is 26.3. The van der Waals surface area contributed by atoms with E-state index in [0.29, 0.717) is 17.0 Å². The molecule has 4 atom stereocenters. The van der Waals surface area contributed by atoms with Crippen molar-refractivity contribution in [3.8, 4) is 0 Å². The van der Waals surface area contributed by atoms with Crippen LogP contribution in [0.25, 0.3) is 0 Å². The maximum absolute atomic E-state index is 12.9. The van der Waals surface area contributed by atoms with Crippen molar-refractivity contribution in [3.05, 3.63) is 28.2 Å². The van der Waals surface area contributed by atoms with Crippen molar-refractivity contribution in [2.24, 2.45) is 23.7 Å². The summed E-state index contributed by atoms with van der Waals surface area (Å²) in [6, 6.07) is 0. The molecule has 0 radical (unpaired) electrons. The monoisotopic (exact) mass is 376 g/mol. The van der Waals surface area contributed by atoms with Gasteiger partial charge in [-0.2, -0.15) is 0 Å². The van der Waals surface area contributed by atoms with E-state index in [1.54, 1.807) is 13.8 Å². The number of allylic oxidation sites excluding steroid dienone is 2.